The number of amides is 3. The van der Waals surface area contributed by atoms with Crippen molar-refractivity contribution in [1.82, 2.24) is 20.2 Å². The smallest absolute Gasteiger partial charge is 0.413 e. The predicted octanol–water partition coefficient (Wildman–Crippen LogP) is 5.09. The van der Waals surface area contributed by atoms with Crippen LogP contribution in [0.1, 0.15) is 74.4 Å². The fraction of sp³-hybridized carbons (Fsp3) is 0.452. The number of rotatable bonds is 9. The standard InChI is InChI=1S/C31H40N6O6/c1-7-11-33-26(38)22-15-20(17-37-13-14-41-19-31(37,5)6)8-9-23(22)34-27(39)24-18-42-28(35-24)21-10-12-32-25(16-21)36-29(40)43-30(2,3)4/h8-10,12,15-16,18H,7,11,13-14,17,19H2,1-6H3,(H,33,38)(H,34,39)(H,32,36,40). The highest BCUT2D eigenvalue weighted by molar-refractivity contribution is 6.08. The Morgan fingerprint density at radius 1 is 1.09 bits per heavy atom. The van der Waals surface area contributed by atoms with E-state index in [0.29, 0.717) is 43.1 Å². The molecule has 0 spiro atoms. The average molecular weight is 593 g/mol. The molecule has 0 radical (unpaired) electrons. The molecular formula is C31H40N6O6. The molecule has 0 saturated carbocycles. The van der Waals surface area contributed by atoms with Crippen LogP contribution in [0.5, 0.6) is 0 Å². The van der Waals surface area contributed by atoms with Crippen LogP contribution in [0.25, 0.3) is 11.5 Å². The molecule has 3 N–H and O–H groups in total. The number of hydrogen-bond acceptors (Lipinski definition) is 9. The fourth-order valence-electron chi connectivity index (χ4n) is 4.46. The molecule has 12 heteroatoms. The van der Waals surface area contributed by atoms with Crippen molar-refractivity contribution in [3.05, 3.63) is 59.6 Å². The van der Waals surface area contributed by atoms with E-state index in [-0.39, 0.29) is 28.8 Å². The summed E-state index contributed by atoms with van der Waals surface area (Å²) in [5, 5.41) is 8.29. The van der Waals surface area contributed by atoms with Gasteiger partial charge in [-0.15, -0.1) is 0 Å². The Labute approximate surface area is 251 Å². The summed E-state index contributed by atoms with van der Waals surface area (Å²) in [5.41, 5.74) is 1.39. The van der Waals surface area contributed by atoms with Gasteiger partial charge in [0.2, 0.25) is 5.89 Å². The van der Waals surface area contributed by atoms with Crippen molar-refractivity contribution in [3.8, 4) is 11.5 Å². The molecule has 0 aliphatic carbocycles. The van der Waals surface area contributed by atoms with Crippen molar-refractivity contribution < 1.29 is 28.3 Å². The molecule has 12 nitrogen and oxygen atoms in total. The first-order valence-electron chi connectivity index (χ1n) is 14.3. The third-order valence-electron chi connectivity index (χ3n) is 6.68. The van der Waals surface area contributed by atoms with Gasteiger partial charge in [0.1, 0.15) is 17.7 Å². The number of anilines is 2. The van der Waals surface area contributed by atoms with Gasteiger partial charge in [-0.2, -0.15) is 0 Å². The number of nitrogens with zero attached hydrogens (tertiary/aromatic N) is 3. The maximum absolute atomic E-state index is 13.2. The molecule has 1 fully saturated rings. The lowest BCUT2D eigenvalue weighted by Gasteiger charge is -2.42. The summed E-state index contributed by atoms with van der Waals surface area (Å²) in [4.78, 5) is 49.2. The highest BCUT2D eigenvalue weighted by atomic mass is 16.6. The molecule has 2 aromatic heterocycles. The number of oxazole rings is 1. The zero-order chi connectivity index (χ0) is 31.2. The number of pyridine rings is 1. The lowest BCUT2D eigenvalue weighted by molar-refractivity contribution is -0.0552. The van der Waals surface area contributed by atoms with Gasteiger partial charge in [0, 0.05) is 36.9 Å². The summed E-state index contributed by atoms with van der Waals surface area (Å²) in [5.74, 6) is -0.422. The monoisotopic (exact) mass is 592 g/mol. The quantitative estimate of drug-likeness (QED) is 0.309. The molecule has 3 heterocycles. The minimum Gasteiger partial charge on any atom is -0.444 e. The van der Waals surface area contributed by atoms with Crippen LogP contribution in [0, 0.1) is 0 Å². The molecule has 0 unspecified atom stereocenters. The Morgan fingerprint density at radius 3 is 2.60 bits per heavy atom. The molecule has 3 aromatic rings. The lowest BCUT2D eigenvalue weighted by Crippen LogP contribution is -2.52. The van der Waals surface area contributed by atoms with Crippen LogP contribution in [-0.4, -0.2) is 70.2 Å². The molecule has 43 heavy (non-hydrogen) atoms. The Morgan fingerprint density at radius 2 is 1.88 bits per heavy atom. The molecule has 230 valence electrons. The van der Waals surface area contributed by atoms with Gasteiger partial charge in [-0.05, 0) is 70.9 Å². The van der Waals surface area contributed by atoms with E-state index in [1.807, 2.05) is 19.1 Å². The van der Waals surface area contributed by atoms with Crippen molar-refractivity contribution in [2.24, 2.45) is 0 Å². The van der Waals surface area contributed by atoms with Gasteiger partial charge in [-0.1, -0.05) is 13.0 Å². The molecule has 3 amide bonds. The van der Waals surface area contributed by atoms with E-state index in [1.165, 1.54) is 12.5 Å². The van der Waals surface area contributed by atoms with Crippen molar-refractivity contribution in [2.75, 3.05) is 36.9 Å². The number of benzene rings is 1. The van der Waals surface area contributed by atoms with Crippen LogP contribution in [0.15, 0.2) is 47.2 Å². The number of hydrogen-bond donors (Lipinski definition) is 3. The highest BCUT2D eigenvalue weighted by Crippen LogP contribution is 2.26. The van der Waals surface area contributed by atoms with E-state index < -0.39 is 17.6 Å². The summed E-state index contributed by atoms with van der Waals surface area (Å²) in [7, 11) is 0. The number of nitrogens with one attached hydrogen (secondary N) is 3. The minimum absolute atomic E-state index is 0.0209. The lowest BCUT2D eigenvalue weighted by atomic mass is 10.00. The first-order valence-corrected chi connectivity index (χ1v) is 14.3. The SMILES string of the molecule is CCCNC(=O)c1cc(CN2CCOCC2(C)C)ccc1NC(=O)c1coc(-c2ccnc(NC(=O)OC(C)(C)C)c2)n1. The first kappa shape index (κ1) is 31.6. The Kier molecular flexibility index (Phi) is 9.82. The van der Waals surface area contributed by atoms with Gasteiger partial charge in [0.25, 0.3) is 11.8 Å². The Bertz CT molecular complexity index is 1460. The summed E-state index contributed by atoms with van der Waals surface area (Å²) in [6.45, 7) is 14.7. The summed E-state index contributed by atoms with van der Waals surface area (Å²) < 4.78 is 16.5. The molecule has 1 saturated heterocycles. The maximum Gasteiger partial charge on any atom is 0.413 e. The van der Waals surface area contributed by atoms with Gasteiger partial charge in [-0.25, -0.2) is 14.8 Å². The van der Waals surface area contributed by atoms with Crippen molar-refractivity contribution in [3.63, 3.8) is 0 Å². The predicted molar refractivity (Wildman–Crippen MR) is 162 cm³/mol. The van der Waals surface area contributed by atoms with Gasteiger partial charge >= 0.3 is 6.09 Å². The highest BCUT2D eigenvalue weighted by Gasteiger charge is 2.30. The summed E-state index contributed by atoms with van der Waals surface area (Å²) in [6, 6.07) is 8.65. The van der Waals surface area contributed by atoms with Crippen molar-refractivity contribution in [1.29, 1.82) is 0 Å². The fourth-order valence-corrected chi connectivity index (χ4v) is 4.46. The Hall–Kier alpha value is -4.29. The number of ether oxygens (including phenoxy) is 2. The van der Waals surface area contributed by atoms with Crippen LogP contribution in [0.3, 0.4) is 0 Å². The van der Waals surface area contributed by atoms with Crippen LogP contribution in [0.4, 0.5) is 16.3 Å². The van der Waals surface area contributed by atoms with Gasteiger partial charge in [0.05, 0.1) is 24.5 Å². The van der Waals surface area contributed by atoms with E-state index in [2.05, 4.69) is 44.7 Å². The van der Waals surface area contributed by atoms with Crippen molar-refractivity contribution in [2.45, 2.75) is 65.6 Å². The topological polar surface area (TPSA) is 148 Å². The third kappa shape index (κ3) is 8.62. The van der Waals surface area contributed by atoms with Gasteiger partial charge in [-0.3, -0.25) is 19.8 Å². The third-order valence-corrected chi connectivity index (χ3v) is 6.68. The minimum atomic E-state index is -0.664. The number of carbonyl (C=O) groups is 3. The van der Waals surface area contributed by atoms with E-state index in [0.717, 1.165) is 18.5 Å². The van der Waals surface area contributed by atoms with Crippen LogP contribution in [-0.2, 0) is 16.0 Å². The van der Waals surface area contributed by atoms with Crippen molar-refractivity contribution >= 4 is 29.4 Å². The number of morpholine rings is 1. The zero-order valence-corrected chi connectivity index (χ0v) is 25.6. The second-order valence-corrected chi connectivity index (χ2v) is 12.0. The molecule has 0 atom stereocenters. The average Bonchev–Trinajstić information content (AvgIpc) is 3.43. The van der Waals surface area contributed by atoms with Crippen LogP contribution < -0.4 is 16.0 Å². The molecule has 4 rings (SSSR count). The van der Waals surface area contributed by atoms with Crippen LogP contribution in [0.2, 0.25) is 0 Å². The van der Waals surface area contributed by atoms with E-state index in [4.69, 9.17) is 13.9 Å². The molecule has 0 bridgehead atoms. The van der Waals surface area contributed by atoms with Gasteiger partial charge < -0.3 is 24.5 Å². The second-order valence-electron chi connectivity index (χ2n) is 12.0. The van der Waals surface area contributed by atoms with E-state index >= 15 is 0 Å². The molecule has 1 aliphatic heterocycles. The normalized spacial score (nSPS) is 15.0. The number of carbonyl (C=O) groups excluding carboxylic acids is 3. The summed E-state index contributed by atoms with van der Waals surface area (Å²) in [6.07, 6.45) is 2.84. The van der Waals surface area contributed by atoms with E-state index in [9.17, 15) is 14.4 Å². The molecule has 1 aliphatic rings. The molecule has 1 aromatic carbocycles. The van der Waals surface area contributed by atoms with Crippen LogP contribution >= 0.6 is 0 Å². The first-order chi connectivity index (χ1) is 20.3. The second kappa shape index (κ2) is 13.3. The zero-order valence-electron chi connectivity index (χ0n) is 25.6. The molecular weight excluding hydrogens is 552 g/mol. The van der Waals surface area contributed by atoms with E-state index in [1.54, 1.807) is 39.0 Å². The largest absolute Gasteiger partial charge is 0.444 e. The summed E-state index contributed by atoms with van der Waals surface area (Å²) >= 11 is 0. The Balaban J connectivity index is 1.51. The number of aromatic nitrogens is 2. The van der Waals surface area contributed by atoms with Gasteiger partial charge in [0.15, 0.2) is 5.69 Å². The maximum atomic E-state index is 13.2.